The van der Waals surface area contributed by atoms with E-state index in [4.69, 9.17) is 10.5 Å². The number of nitrogen functional groups attached to an aromatic ring is 1. The molecule has 0 atom stereocenters. The van der Waals surface area contributed by atoms with Crippen LogP contribution in [0.25, 0.3) is 0 Å². The highest BCUT2D eigenvalue weighted by Crippen LogP contribution is 2.15. The van der Waals surface area contributed by atoms with Crippen LogP contribution < -0.4 is 5.73 Å². The third-order valence-electron chi connectivity index (χ3n) is 2.65. The molecule has 5 heteroatoms. The minimum Gasteiger partial charge on any atom is -0.457 e. The lowest BCUT2D eigenvalue weighted by molar-refractivity contribution is 0.0472. The van der Waals surface area contributed by atoms with Gasteiger partial charge in [0, 0.05) is 28.1 Å². The molecule has 2 aromatic rings. The summed E-state index contributed by atoms with van der Waals surface area (Å²) in [5.74, 6) is -0.397. The highest BCUT2D eigenvalue weighted by Gasteiger charge is 2.09. The number of hydrogen-bond acceptors (Lipinski definition) is 4. The molecule has 0 saturated heterocycles. The molecule has 98 valence electrons. The summed E-state index contributed by atoms with van der Waals surface area (Å²) in [7, 11) is 0. The number of hydrogen-bond donors (Lipinski definition) is 1. The first-order valence-electron chi connectivity index (χ1n) is 5.69. The van der Waals surface area contributed by atoms with Crippen LogP contribution in [0.5, 0.6) is 0 Å². The molecule has 0 aliphatic carbocycles. The Morgan fingerprint density at radius 3 is 2.84 bits per heavy atom. The smallest absolute Gasteiger partial charge is 0.338 e. The van der Waals surface area contributed by atoms with Crippen LogP contribution in [-0.2, 0) is 11.3 Å². The standard InChI is InChI=1S/C14H13BrN2O2/c1-9-2-3-11(5-13(9)16)14(18)19-8-10-4-12(15)7-17-6-10/h2-7H,8,16H2,1H3. The zero-order valence-corrected chi connectivity index (χ0v) is 12.0. The fourth-order valence-corrected chi connectivity index (χ4v) is 1.95. The minimum absolute atomic E-state index is 0.180. The summed E-state index contributed by atoms with van der Waals surface area (Å²) < 4.78 is 6.06. The number of rotatable bonds is 3. The number of anilines is 1. The van der Waals surface area contributed by atoms with E-state index in [0.717, 1.165) is 15.6 Å². The topological polar surface area (TPSA) is 65.2 Å². The van der Waals surface area contributed by atoms with Gasteiger partial charge in [-0.05, 0) is 46.6 Å². The summed E-state index contributed by atoms with van der Waals surface area (Å²) in [6.45, 7) is 2.07. The van der Waals surface area contributed by atoms with Crippen molar-refractivity contribution in [2.45, 2.75) is 13.5 Å². The molecule has 1 heterocycles. The first-order valence-corrected chi connectivity index (χ1v) is 6.48. The second-order valence-electron chi connectivity index (χ2n) is 4.16. The van der Waals surface area contributed by atoms with Crippen molar-refractivity contribution < 1.29 is 9.53 Å². The zero-order chi connectivity index (χ0) is 13.8. The second-order valence-corrected chi connectivity index (χ2v) is 5.07. The number of aryl methyl sites for hydroxylation is 1. The molecule has 0 spiro atoms. The monoisotopic (exact) mass is 320 g/mol. The fraction of sp³-hybridized carbons (Fsp3) is 0.143. The highest BCUT2D eigenvalue weighted by atomic mass is 79.9. The molecule has 1 aromatic heterocycles. The van der Waals surface area contributed by atoms with Crippen molar-refractivity contribution in [3.63, 3.8) is 0 Å². The Kier molecular flexibility index (Phi) is 4.16. The summed E-state index contributed by atoms with van der Waals surface area (Å²) >= 11 is 3.31. The first-order chi connectivity index (χ1) is 9.06. The van der Waals surface area contributed by atoms with Gasteiger partial charge in [0.15, 0.2) is 0 Å². The number of pyridine rings is 1. The van der Waals surface area contributed by atoms with Gasteiger partial charge in [0.1, 0.15) is 6.61 Å². The molecule has 0 radical (unpaired) electrons. The fourth-order valence-electron chi connectivity index (χ4n) is 1.53. The third-order valence-corrected chi connectivity index (χ3v) is 3.08. The zero-order valence-electron chi connectivity index (χ0n) is 10.4. The summed E-state index contributed by atoms with van der Waals surface area (Å²) in [5.41, 5.74) is 8.55. The van der Waals surface area contributed by atoms with Gasteiger partial charge in [-0.2, -0.15) is 0 Å². The molecule has 2 N–H and O–H groups in total. The number of halogens is 1. The van der Waals surface area contributed by atoms with Gasteiger partial charge in [0.05, 0.1) is 5.56 Å². The lowest BCUT2D eigenvalue weighted by Gasteiger charge is -2.06. The normalized spacial score (nSPS) is 10.2. The molecule has 0 unspecified atom stereocenters. The summed E-state index contributed by atoms with van der Waals surface area (Å²) in [4.78, 5) is 15.9. The molecular formula is C14H13BrN2O2. The summed E-state index contributed by atoms with van der Waals surface area (Å²) in [5, 5.41) is 0. The SMILES string of the molecule is Cc1ccc(C(=O)OCc2cncc(Br)c2)cc1N. The number of carbonyl (C=O) groups excluding carboxylic acids is 1. The van der Waals surface area contributed by atoms with Crippen molar-refractivity contribution >= 4 is 27.6 Å². The van der Waals surface area contributed by atoms with Gasteiger partial charge in [0.25, 0.3) is 0 Å². The molecule has 4 nitrogen and oxygen atoms in total. The molecule has 0 amide bonds. The maximum absolute atomic E-state index is 11.9. The molecule has 0 fully saturated rings. The number of nitrogens with zero attached hydrogens (tertiary/aromatic N) is 1. The van der Waals surface area contributed by atoms with Crippen LogP contribution in [0.15, 0.2) is 41.1 Å². The molecule has 0 bridgehead atoms. The predicted molar refractivity (Wildman–Crippen MR) is 76.6 cm³/mol. The number of esters is 1. The average molecular weight is 321 g/mol. The number of aromatic nitrogens is 1. The second kappa shape index (κ2) is 5.84. The maximum atomic E-state index is 11.9. The molecule has 19 heavy (non-hydrogen) atoms. The van der Waals surface area contributed by atoms with E-state index in [1.807, 2.05) is 13.0 Å². The Morgan fingerprint density at radius 1 is 1.37 bits per heavy atom. The molecule has 0 aliphatic rings. The average Bonchev–Trinajstić information content (AvgIpc) is 2.39. The Morgan fingerprint density at radius 2 is 2.16 bits per heavy atom. The van der Waals surface area contributed by atoms with Gasteiger partial charge >= 0.3 is 5.97 Å². The van der Waals surface area contributed by atoms with E-state index >= 15 is 0 Å². The van der Waals surface area contributed by atoms with Gasteiger partial charge in [0.2, 0.25) is 0 Å². The number of ether oxygens (including phenoxy) is 1. The summed E-state index contributed by atoms with van der Waals surface area (Å²) in [6.07, 6.45) is 3.33. The van der Waals surface area contributed by atoms with E-state index in [0.29, 0.717) is 11.3 Å². The Hall–Kier alpha value is -1.88. The third kappa shape index (κ3) is 3.54. The Balaban J connectivity index is 2.03. The predicted octanol–water partition coefficient (Wildman–Crippen LogP) is 3.09. The van der Waals surface area contributed by atoms with Crippen molar-refractivity contribution in [3.8, 4) is 0 Å². The lowest BCUT2D eigenvalue weighted by Crippen LogP contribution is -2.06. The largest absolute Gasteiger partial charge is 0.457 e. The van der Waals surface area contributed by atoms with Gasteiger partial charge in [-0.1, -0.05) is 6.07 Å². The minimum atomic E-state index is -0.397. The van der Waals surface area contributed by atoms with Crippen LogP contribution >= 0.6 is 15.9 Å². The van der Waals surface area contributed by atoms with Gasteiger partial charge in [-0.25, -0.2) is 4.79 Å². The quantitative estimate of drug-likeness (QED) is 0.697. The van der Waals surface area contributed by atoms with Crippen molar-refractivity contribution in [2.75, 3.05) is 5.73 Å². The first kappa shape index (κ1) is 13.5. The molecule has 0 aliphatic heterocycles. The Labute approximate surface area is 119 Å². The number of nitrogens with two attached hydrogens (primary N) is 1. The van der Waals surface area contributed by atoms with E-state index < -0.39 is 5.97 Å². The summed E-state index contributed by atoms with van der Waals surface area (Å²) in [6, 6.07) is 6.97. The maximum Gasteiger partial charge on any atom is 0.338 e. The van der Waals surface area contributed by atoms with Crippen LogP contribution in [0.1, 0.15) is 21.5 Å². The molecule has 0 saturated carbocycles. The Bertz CT molecular complexity index is 614. The van der Waals surface area contributed by atoms with Gasteiger partial charge < -0.3 is 10.5 Å². The van der Waals surface area contributed by atoms with E-state index in [1.54, 1.807) is 30.6 Å². The van der Waals surface area contributed by atoms with E-state index in [2.05, 4.69) is 20.9 Å². The van der Waals surface area contributed by atoms with Crippen LogP contribution in [0, 0.1) is 6.92 Å². The number of carbonyl (C=O) groups is 1. The van der Waals surface area contributed by atoms with Crippen LogP contribution in [0.4, 0.5) is 5.69 Å². The van der Waals surface area contributed by atoms with Gasteiger partial charge in [-0.15, -0.1) is 0 Å². The molecular weight excluding hydrogens is 308 g/mol. The number of benzene rings is 1. The van der Waals surface area contributed by atoms with Crippen molar-refractivity contribution in [1.82, 2.24) is 4.98 Å². The van der Waals surface area contributed by atoms with Crippen molar-refractivity contribution in [2.24, 2.45) is 0 Å². The van der Waals surface area contributed by atoms with Crippen molar-refractivity contribution in [1.29, 1.82) is 0 Å². The van der Waals surface area contributed by atoms with Crippen LogP contribution in [0.2, 0.25) is 0 Å². The van der Waals surface area contributed by atoms with E-state index in [1.165, 1.54) is 0 Å². The van der Waals surface area contributed by atoms with Crippen molar-refractivity contribution in [3.05, 3.63) is 57.8 Å². The lowest BCUT2D eigenvalue weighted by atomic mass is 10.1. The van der Waals surface area contributed by atoms with E-state index in [9.17, 15) is 4.79 Å². The van der Waals surface area contributed by atoms with E-state index in [-0.39, 0.29) is 6.61 Å². The van der Waals surface area contributed by atoms with Gasteiger partial charge in [-0.3, -0.25) is 4.98 Å². The molecule has 1 aromatic carbocycles. The van der Waals surface area contributed by atoms with Crippen LogP contribution in [0.3, 0.4) is 0 Å². The highest BCUT2D eigenvalue weighted by molar-refractivity contribution is 9.10. The molecule has 2 rings (SSSR count). The van der Waals surface area contributed by atoms with Crippen LogP contribution in [-0.4, -0.2) is 11.0 Å².